The maximum absolute atomic E-state index is 12.8. The van der Waals surface area contributed by atoms with Crippen molar-refractivity contribution < 1.29 is 14.1 Å². The number of nitrogens with one attached hydrogen (secondary N) is 1. The SMILES string of the molecule is CNCC(=O)c1cc(F)ccc1[N+](=O)[O-]. The predicted octanol–water partition coefficient (Wildman–Crippen LogP) is 1.14. The highest BCUT2D eigenvalue weighted by molar-refractivity contribution is 6.01. The lowest BCUT2D eigenvalue weighted by molar-refractivity contribution is -0.385. The van der Waals surface area contributed by atoms with E-state index in [1.165, 1.54) is 7.05 Å². The fourth-order valence-electron chi connectivity index (χ4n) is 1.15. The minimum atomic E-state index is -0.706. The van der Waals surface area contributed by atoms with Crippen LogP contribution in [0, 0.1) is 15.9 Å². The number of carbonyl (C=O) groups is 1. The zero-order chi connectivity index (χ0) is 11.4. The Morgan fingerprint density at radius 3 is 2.80 bits per heavy atom. The van der Waals surface area contributed by atoms with Gasteiger partial charge in [0.1, 0.15) is 5.82 Å². The normalized spacial score (nSPS) is 10.0. The van der Waals surface area contributed by atoms with E-state index in [0.717, 1.165) is 18.2 Å². The number of likely N-dealkylation sites (N-methyl/N-ethyl adjacent to an activating group) is 1. The molecule has 1 aromatic rings. The lowest BCUT2D eigenvalue weighted by atomic mass is 10.1. The van der Waals surface area contributed by atoms with E-state index in [2.05, 4.69) is 5.32 Å². The summed E-state index contributed by atoms with van der Waals surface area (Å²) >= 11 is 0. The van der Waals surface area contributed by atoms with Crippen LogP contribution in [0.15, 0.2) is 18.2 Å². The van der Waals surface area contributed by atoms with Gasteiger partial charge in [-0.15, -0.1) is 0 Å². The molecule has 0 aliphatic rings. The lowest BCUT2D eigenvalue weighted by Gasteiger charge is -2.01. The fourth-order valence-corrected chi connectivity index (χ4v) is 1.15. The molecule has 0 aliphatic carbocycles. The number of nitro groups is 1. The molecule has 1 rings (SSSR count). The first-order chi connectivity index (χ1) is 7.06. The Labute approximate surface area is 85.1 Å². The number of halogens is 1. The van der Waals surface area contributed by atoms with E-state index < -0.39 is 16.5 Å². The standard InChI is InChI=1S/C9H9FN2O3/c1-11-5-9(13)7-4-6(10)2-3-8(7)12(14)15/h2-4,11H,5H2,1H3. The summed E-state index contributed by atoms with van der Waals surface area (Å²) in [5.41, 5.74) is -0.592. The van der Waals surface area contributed by atoms with E-state index >= 15 is 0 Å². The minimum Gasteiger partial charge on any atom is -0.313 e. The maximum Gasteiger partial charge on any atom is 0.280 e. The third-order valence-corrected chi connectivity index (χ3v) is 1.79. The van der Waals surface area contributed by atoms with Gasteiger partial charge in [-0.25, -0.2) is 4.39 Å². The van der Waals surface area contributed by atoms with Gasteiger partial charge >= 0.3 is 0 Å². The van der Waals surface area contributed by atoms with Crippen LogP contribution in [0.5, 0.6) is 0 Å². The molecule has 1 aromatic carbocycles. The minimum absolute atomic E-state index is 0.0652. The summed E-state index contributed by atoms with van der Waals surface area (Å²) < 4.78 is 12.8. The highest BCUT2D eigenvalue weighted by Crippen LogP contribution is 2.19. The van der Waals surface area contributed by atoms with Crippen molar-refractivity contribution in [3.8, 4) is 0 Å². The smallest absolute Gasteiger partial charge is 0.280 e. The van der Waals surface area contributed by atoms with Crippen molar-refractivity contribution in [2.45, 2.75) is 0 Å². The molecule has 0 fully saturated rings. The molecule has 0 radical (unpaired) electrons. The molecule has 0 unspecified atom stereocenters. The molecule has 0 bridgehead atoms. The van der Waals surface area contributed by atoms with Gasteiger partial charge in [-0.1, -0.05) is 0 Å². The van der Waals surface area contributed by atoms with Gasteiger partial charge in [0.15, 0.2) is 5.78 Å². The molecule has 0 aliphatic heterocycles. The molecule has 0 amide bonds. The van der Waals surface area contributed by atoms with E-state index in [9.17, 15) is 19.3 Å². The van der Waals surface area contributed by atoms with Gasteiger partial charge in [-0.3, -0.25) is 14.9 Å². The molecule has 15 heavy (non-hydrogen) atoms. The molecule has 0 aromatic heterocycles. The summed E-state index contributed by atoms with van der Waals surface area (Å²) in [5, 5.41) is 13.1. The molecular formula is C9H9FN2O3. The molecule has 0 heterocycles. The van der Waals surface area contributed by atoms with Gasteiger partial charge in [-0.2, -0.15) is 0 Å². The summed E-state index contributed by atoms with van der Waals surface area (Å²) in [6.07, 6.45) is 0. The number of hydrogen-bond donors (Lipinski definition) is 1. The second kappa shape index (κ2) is 4.61. The molecule has 80 valence electrons. The average Bonchev–Trinajstić information content (AvgIpc) is 2.17. The van der Waals surface area contributed by atoms with Gasteiger partial charge < -0.3 is 5.32 Å². The van der Waals surface area contributed by atoms with Crippen LogP contribution in [0.1, 0.15) is 10.4 Å². The molecule has 6 heteroatoms. The van der Waals surface area contributed by atoms with Crippen LogP contribution in [-0.2, 0) is 0 Å². The Bertz CT molecular complexity index is 406. The largest absolute Gasteiger partial charge is 0.313 e. The third kappa shape index (κ3) is 2.57. The van der Waals surface area contributed by atoms with E-state index in [4.69, 9.17) is 0 Å². The number of nitro benzene ring substituents is 1. The molecule has 0 saturated heterocycles. The van der Waals surface area contributed by atoms with Gasteiger partial charge in [-0.05, 0) is 19.2 Å². The van der Waals surface area contributed by atoms with Crippen LogP contribution in [0.3, 0.4) is 0 Å². The van der Waals surface area contributed by atoms with E-state index in [-0.39, 0.29) is 17.8 Å². The van der Waals surface area contributed by atoms with Crippen molar-refractivity contribution in [1.29, 1.82) is 0 Å². The zero-order valence-corrected chi connectivity index (χ0v) is 7.99. The summed E-state index contributed by atoms with van der Waals surface area (Å²) in [4.78, 5) is 21.2. The third-order valence-electron chi connectivity index (χ3n) is 1.79. The molecule has 0 atom stereocenters. The van der Waals surface area contributed by atoms with E-state index in [0.29, 0.717) is 0 Å². The van der Waals surface area contributed by atoms with E-state index in [1.54, 1.807) is 0 Å². The summed E-state index contributed by atoms with van der Waals surface area (Å²) in [6.45, 7) is -0.0652. The van der Waals surface area contributed by atoms with Crippen molar-refractivity contribution in [3.63, 3.8) is 0 Å². The summed E-state index contributed by atoms with van der Waals surface area (Å²) in [6, 6.07) is 2.81. The molecular weight excluding hydrogens is 203 g/mol. The van der Waals surface area contributed by atoms with Gasteiger partial charge in [0, 0.05) is 6.07 Å². The number of Topliss-reactive ketones (excluding diaryl/α,β-unsaturated/α-hetero) is 1. The van der Waals surface area contributed by atoms with Crippen LogP contribution < -0.4 is 5.32 Å². The van der Waals surface area contributed by atoms with Gasteiger partial charge in [0.25, 0.3) is 5.69 Å². The Hall–Kier alpha value is -1.82. The quantitative estimate of drug-likeness (QED) is 0.461. The zero-order valence-electron chi connectivity index (χ0n) is 7.99. The number of benzene rings is 1. The van der Waals surface area contributed by atoms with Crippen molar-refractivity contribution >= 4 is 11.5 Å². The van der Waals surface area contributed by atoms with Crippen LogP contribution >= 0.6 is 0 Å². The Morgan fingerprint density at radius 2 is 2.27 bits per heavy atom. The first-order valence-corrected chi connectivity index (χ1v) is 4.18. The Morgan fingerprint density at radius 1 is 1.60 bits per heavy atom. The van der Waals surface area contributed by atoms with Crippen molar-refractivity contribution in [1.82, 2.24) is 5.32 Å². The average molecular weight is 212 g/mol. The number of hydrogen-bond acceptors (Lipinski definition) is 4. The summed E-state index contributed by atoms with van der Waals surface area (Å²) in [7, 11) is 1.53. The first kappa shape index (κ1) is 11.3. The molecule has 5 nitrogen and oxygen atoms in total. The fraction of sp³-hybridized carbons (Fsp3) is 0.222. The number of rotatable bonds is 4. The van der Waals surface area contributed by atoms with Crippen LogP contribution in [0.25, 0.3) is 0 Å². The second-order valence-electron chi connectivity index (χ2n) is 2.87. The van der Waals surface area contributed by atoms with Crippen molar-refractivity contribution in [3.05, 3.63) is 39.7 Å². The van der Waals surface area contributed by atoms with Crippen LogP contribution in [-0.4, -0.2) is 24.3 Å². The van der Waals surface area contributed by atoms with Crippen LogP contribution in [0.4, 0.5) is 10.1 Å². The monoisotopic (exact) mass is 212 g/mol. The van der Waals surface area contributed by atoms with Crippen molar-refractivity contribution in [2.75, 3.05) is 13.6 Å². The molecule has 1 N–H and O–H groups in total. The highest BCUT2D eigenvalue weighted by atomic mass is 19.1. The first-order valence-electron chi connectivity index (χ1n) is 4.18. The Balaban J connectivity index is 3.18. The van der Waals surface area contributed by atoms with Crippen molar-refractivity contribution in [2.24, 2.45) is 0 Å². The van der Waals surface area contributed by atoms with Crippen LogP contribution in [0.2, 0.25) is 0 Å². The van der Waals surface area contributed by atoms with Gasteiger partial charge in [0.2, 0.25) is 0 Å². The molecule has 0 saturated carbocycles. The lowest BCUT2D eigenvalue weighted by Crippen LogP contribution is -2.19. The Kier molecular flexibility index (Phi) is 3.46. The maximum atomic E-state index is 12.8. The highest BCUT2D eigenvalue weighted by Gasteiger charge is 2.19. The van der Waals surface area contributed by atoms with E-state index in [1.807, 2.05) is 0 Å². The van der Waals surface area contributed by atoms with Gasteiger partial charge in [0.05, 0.1) is 17.0 Å². The number of ketones is 1. The summed E-state index contributed by atoms with van der Waals surface area (Å²) in [5.74, 6) is -1.18. The molecule has 0 spiro atoms. The topological polar surface area (TPSA) is 72.2 Å². The predicted molar refractivity (Wildman–Crippen MR) is 51.3 cm³/mol. The number of carbonyl (C=O) groups excluding carboxylic acids is 1. The second-order valence-corrected chi connectivity index (χ2v) is 2.87. The number of nitrogens with zero attached hydrogens (tertiary/aromatic N) is 1.